The lowest BCUT2D eigenvalue weighted by Gasteiger charge is -2.39. The minimum atomic E-state index is -0.161. The summed E-state index contributed by atoms with van der Waals surface area (Å²) in [7, 11) is 0. The first kappa shape index (κ1) is 12.6. The molecule has 0 unspecified atom stereocenters. The number of morpholine rings is 1. The summed E-state index contributed by atoms with van der Waals surface area (Å²) >= 11 is 3.38. The van der Waals surface area contributed by atoms with Gasteiger partial charge in [0.2, 0.25) is 0 Å². The predicted molar refractivity (Wildman–Crippen MR) is 71.8 cm³/mol. The number of hydrogen-bond donors (Lipinski definition) is 0. The van der Waals surface area contributed by atoms with Gasteiger partial charge in [0.25, 0.3) is 0 Å². The molecule has 0 bridgehead atoms. The Kier molecular flexibility index (Phi) is 3.54. The second-order valence-electron chi connectivity index (χ2n) is 4.85. The van der Waals surface area contributed by atoms with Gasteiger partial charge in [0, 0.05) is 28.8 Å². The standard InChI is InChI=1S/C13H16BrNO2/c1-13(2)9-15(5-6-17-13)12-4-3-11(14)7-10(12)8-16/h3-4,7-8H,5-6,9H2,1-2H3. The molecular weight excluding hydrogens is 282 g/mol. The van der Waals surface area contributed by atoms with Gasteiger partial charge < -0.3 is 9.64 Å². The third kappa shape index (κ3) is 2.87. The third-order valence-corrected chi connectivity index (χ3v) is 3.38. The van der Waals surface area contributed by atoms with Gasteiger partial charge in [-0.15, -0.1) is 0 Å². The summed E-state index contributed by atoms with van der Waals surface area (Å²) in [6.45, 7) is 6.46. The first-order chi connectivity index (χ1) is 8.02. The maximum absolute atomic E-state index is 11.1. The van der Waals surface area contributed by atoms with Crippen molar-refractivity contribution in [1.82, 2.24) is 0 Å². The minimum absolute atomic E-state index is 0.161. The lowest BCUT2D eigenvalue weighted by molar-refractivity contribution is -0.0277. The number of rotatable bonds is 2. The monoisotopic (exact) mass is 297 g/mol. The van der Waals surface area contributed by atoms with Gasteiger partial charge >= 0.3 is 0 Å². The molecular formula is C13H16BrNO2. The molecule has 0 atom stereocenters. The molecule has 3 nitrogen and oxygen atoms in total. The summed E-state index contributed by atoms with van der Waals surface area (Å²) in [5.74, 6) is 0. The fourth-order valence-corrected chi connectivity index (χ4v) is 2.51. The number of nitrogens with zero attached hydrogens (tertiary/aromatic N) is 1. The molecule has 92 valence electrons. The average molecular weight is 298 g/mol. The summed E-state index contributed by atoms with van der Waals surface area (Å²) in [4.78, 5) is 13.3. The summed E-state index contributed by atoms with van der Waals surface area (Å²) < 4.78 is 6.60. The Hall–Kier alpha value is -0.870. The number of hydrogen-bond acceptors (Lipinski definition) is 3. The number of halogens is 1. The van der Waals surface area contributed by atoms with Crippen molar-refractivity contribution < 1.29 is 9.53 Å². The molecule has 1 aliphatic rings. The quantitative estimate of drug-likeness (QED) is 0.786. The second kappa shape index (κ2) is 4.78. The molecule has 0 aliphatic carbocycles. The highest BCUT2D eigenvalue weighted by Gasteiger charge is 2.28. The van der Waals surface area contributed by atoms with Crippen molar-refractivity contribution in [3.8, 4) is 0 Å². The van der Waals surface area contributed by atoms with E-state index in [1.54, 1.807) is 0 Å². The number of benzene rings is 1. The Balaban J connectivity index is 2.30. The Morgan fingerprint density at radius 1 is 1.47 bits per heavy atom. The van der Waals surface area contributed by atoms with Gasteiger partial charge in [-0.25, -0.2) is 0 Å². The highest BCUT2D eigenvalue weighted by Crippen LogP contribution is 2.27. The molecule has 1 fully saturated rings. The Bertz CT molecular complexity index is 431. The Morgan fingerprint density at radius 2 is 2.24 bits per heavy atom. The van der Waals surface area contributed by atoms with E-state index in [0.29, 0.717) is 6.61 Å². The number of aldehydes is 1. The molecule has 0 saturated carbocycles. The highest BCUT2D eigenvalue weighted by atomic mass is 79.9. The molecule has 1 aromatic rings. The normalized spacial score (nSPS) is 19.1. The zero-order valence-electron chi connectivity index (χ0n) is 10.1. The van der Waals surface area contributed by atoms with E-state index in [1.807, 2.05) is 18.2 Å². The molecule has 4 heteroatoms. The van der Waals surface area contributed by atoms with Gasteiger partial charge in [0.05, 0.1) is 12.2 Å². The van der Waals surface area contributed by atoms with Crippen molar-refractivity contribution in [3.63, 3.8) is 0 Å². The van der Waals surface area contributed by atoms with Crippen LogP contribution in [-0.4, -0.2) is 31.6 Å². The predicted octanol–water partition coefficient (Wildman–Crippen LogP) is 2.88. The smallest absolute Gasteiger partial charge is 0.152 e. The van der Waals surface area contributed by atoms with E-state index in [9.17, 15) is 4.79 Å². The molecule has 1 aromatic carbocycles. The van der Waals surface area contributed by atoms with Crippen molar-refractivity contribution >= 4 is 27.9 Å². The van der Waals surface area contributed by atoms with Crippen LogP contribution in [0.4, 0.5) is 5.69 Å². The SMILES string of the molecule is CC1(C)CN(c2ccc(Br)cc2C=O)CCO1. The Labute approximate surface area is 110 Å². The van der Waals surface area contributed by atoms with E-state index in [2.05, 4.69) is 34.7 Å². The van der Waals surface area contributed by atoms with Crippen molar-refractivity contribution in [2.24, 2.45) is 0 Å². The van der Waals surface area contributed by atoms with Crippen LogP contribution in [0.2, 0.25) is 0 Å². The first-order valence-corrected chi connectivity index (χ1v) is 6.45. The molecule has 1 saturated heterocycles. The van der Waals surface area contributed by atoms with E-state index in [1.165, 1.54) is 0 Å². The van der Waals surface area contributed by atoms with Crippen LogP contribution in [0.5, 0.6) is 0 Å². The van der Waals surface area contributed by atoms with Crippen LogP contribution < -0.4 is 4.90 Å². The van der Waals surface area contributed by atoms with E-state index in [0.717, 1.165) is 35.1 Å². The lowest BCUT2D eigenvalue weighted by Crippen LogP contribution is -2.48. The number of carbonyl (C=O) groups is 1. The fourth-order valence-electron chi connectivity index (χ4n) is 2.13. The topological polar surface area (TPSA) is 29.5 Å². The van der Waals surface area contributed by atoms with Crippen LogP contribution in [0.3, 0.4) is 0 Å². The highest BCUT2D eigenvalue weighted by molar-refractivity contribution is 9.10. The largest absolute Gasteiger partial charge is 0.372 e. The van der Waals surface area contributed by atoms with Crippen LogP contribution >= 0.6 is 15.9 Å². The number of ether oxygens (including phenoxy) is 1. The molecule has 1 aliphatic heterocycles. The van der Waals surface area contributed by atoms with Gasteiger partial charge in [-0.05, 0) is 32.0 Å². The molecule has 0 amide bonds. The van der Waals surface area contributed by atoms with Gasteiger partial charge in [0.1, 0.15) is 0 Å². The lowest BCUT2D eigenvalue weighted by atomic mass is 10.1. The van der Waals surface area contributed by atoms with Crippen molar-refractivity contribution in [3.05, 3.63) is 28.2 Å². The molecule has 1 heterocycles. The van der Waals surface area contributed by atoms with Gasteiger partial charge in [0.15, 0.2) is 6.29 Å². The summed E-state index contributed by atoms with van der Waals surface area (Å²) in [6, 6.07) is 5.80. The van der Waals surface area contributed by atoms with E-state index >= 15 is 0 Å². The molecule has 17 heavy (non-hydrogen) atoms. The van der Waals surface area contributed by atoms with Crippen LogP contribution in [-0.2, 0) is 4.74 Å². The van der Waals surface area contributed by atoms with Crippen molar-refractivity contribution in [2.45, 2.75) is 19.4 Å². The zero-order valence-corrected chi connectivity index (χ0v) is 11.7. The maximum Gasteiger partial charge on any atom is 0.152 e. The summed E-state index contributed by atoms with van der Waals surface area (Å²) in [6.07, 6.45) is 0.905. The van der Waals surface area contributed by atoms with Crippen LogP contribution in [0, 0.1) is 0 Å². The minimum Gasteiger partial charge on any atom is -0.372 e. The average Bonchev–Trinajstić information content (AvgIpc) is 2.27. The van der Waals surface area contributed by atoms with Crippen LogP contribution in [0.15, 0.2) is 22.7 Å². The molecule has 0 N–H and O–H groups in total. The summed E-state index contributed by atoms with van der Waals surface area (Å²) in [5.41, 5.74) is 1.54. The Morgan fingerprint density at radius 3 is 2.88 bits per heavy atom. The summed E-state index contributed by atoms with van der Waals surface area (Å²) in [5, 5.41) is 0. The zero-order chi connectivity index (χ0) is 12.5. The number of carbonyl (C=O) groups excluding carboxylic acids is 1. The molecule has 0 radical (unpaired) electrons. The molecule has 0 spiro atoms. The van der Waals surface area contributed by atoms with Crippen LogP contribution in [0.25, 0.3) is 0 Å². The maximum atomic E-state index is 11.1. The number of anilines is 1. The van der Waals surface area contributed by atoms with E-state index in [4.69, 9.17) is 4.74 Å². The van der Waals surface area contributed by atoms with Crippen LogP contribution in [0.1, 0.15) is 24.2 Å². The van der Waals surface area contributed by atoms with Crippen molar-refractivity contribution in [1.29, 1.82) is 0 Å². The second-order valence-corrected chi connectivity index (χ2v) is 5.77. The van der Waals surface area contributed by atoms with E-state index in [-0.39, 0.29) is 5.60 Å². The fraction of sp³-hybridized carbons (Fsp3) is 0.462. The van der Waals surface area contributed by atoms with Gasteiger partial charge in [-0.2, -0.15) is 0 Å². The molecule has 2 rings (SSSR count). The first-order valence-electron chi connectivity index (χ1n) is 5.65. The van der Waals surface area contributed by atoms with Gasteiger partial charge in [-0.3, -0.25) is 4.79 Å². The third-order valence-electron chi connectivity index (χ3n) is 2.88. The van der Waals surface area contributed by atoms with Gasteiger partial charge in [-0.1, -0.05) is 15.9 Å². The van der Waals surface area contributed by atoms with Crippen molar-refractivity contribution in [2.75, 3.05) is 24.6 Å². The van der Waals surface area contributed by atoms with E-state index < -0.39 is 0 Å². The molecule has 0 aromatic heterocycles.